The lowest BCUT2D eigenvalue weighted by Crippen LogP contribution is -2.40. The number of hydrogen-bond donors (Lipinski definition) is 3. The number of hydrogen-bond acceptors (Lipinski definition) is 4. The molecule has 2 unspecified atom stereocenters. The Morgan fingerprint density at radius 2 is 2.24 bits per heavy atom. The number of oxime groups is 1. The maximum Gasteiger partial charge on any atom is 0.189 e. The maximum absolute atomic E-state index is 8.85. The fourth-order valence-electron chi connectivity index (χ4n) is 3.31. The number of amidine groups is 1. The van der Waals surface area contributed by atoms with Crippen LogP contribution in [-0.2, 0) is 6.54 Å². The fourth-order valence-corrected chi connectivity index (χ4v) is 3.31. The van der Waals surface area contributed by atoms with Gasteiger partial charge in [0.15, 0.2) is 5.84 Å². The summed E-state index contributed by atoms with van der Waals surface area (Å²) in [6, 6.07) is 4.39. The van der Waals surface area contributed by atoms with Crippen molar-refractivity contribution in [3.63, 3.8) is 0 Å². The molecule has 1 heterocycles. The molecule has 5 heteroatoms. The molecule has 0 saturated heterocycles. The lowest BCUT2D eigenvalue weighted by atomic mass is 9.78. The van der Waals surface area contributed by atoms with Gasteiger partial charge in [0.1, 0.15) is 5.69 Å². The molecule has 1 saturated carbocycles. The van der Waals surface area contributed by atoms with Gasteiger partial charge in [0, 0.05) is 18.8 Å². The van der Waals surface area contributed by atoms with Gasteiger partial charge in [-0.1, -0.05) is 37.9 Å². The third kappa shape index (κ3) is 3.94. The topological polar surface area (TPSA) is 83.5 Å². The van der Waals surface area contributed by atoms with Crippen LogP contribution in [0.1, 0.15) is 50.8 Å². The van der Waals surface area contributed by atoms with Gasteiger partial charge >= 0.3 is 0 Å². The van der Waals surface area contributed by atoms with Crippen LogP contribution in [0.25, 0.3) is 0 Å². The summed E-state index contributed by atoms with van der Waals surface area (Å²) in [6.07, 6.45) is 6.82. The number of pyridine rings is 1. The molecule has 0 amide bonds. The summed E-state index contributed by atoms with van der Waals surface area (Å²) in [5.74, 6) is 1.49. The average molecular weight is 290 g/mol. The van der Waals surface area contributed by atoms with Crippen LogP contribution in [0.15, 0.2) is 23.5 Å². The predicted molar refractivity (Wildman–Crippen MR) is 84.2 cm³/mol. The second-order valence-corrected chi connectivity index (χ2v) is 6.18. The van der Waals surface area contributed by atoms with Crippen LogP contribution in [0, 0.1) is 11.8 Å². The van der Waals surface area contributed by atoms with E-state index in [1.807, 2.05) is 12.1 Å². The first-order chi connectivity index (χ1) is 10.1. The first-order valence-electron chi connectivity index (χ1n) is 7.78. The van der Waals surface area contributed by atoms with Crippen LogP contribution in [0.3, 0.4) is 0 Å². The van der Waals surface area contributed by atoms with Crippen LogP contribution in [-0.4, -0.2) is 22.1 Å². The molecule has 4 N–H and O–H groups in total. The van der Waals surface area contributed by atoms with E-state index in [0.29, 0.717) is 24.2 Å². The van der Waals surface area contributed by atoms with Crippen molar-refractivity contribution in [2.45, 2.75) is 52.1 Å². The van der Waals surface area contributed by atoms with E-state index in [1.54, 1.807) is 6.20 Å². The van der Waals surface area contributed by atoms with E-state index in [-0.39, 0.29) is 5.84 Å². The van der Waals surface area contributed by atoms with Crippen molar-refractivity contribution in [2.75, 3.05) is 0 Å². The van der Waals surface area contributed by atoms with Crippen LogP contribution >= 0.6 is 0 Å². The van der Waals surface area contributed by atoms with Crippen LogP contribution in [0.4, 0.5) is 0 Å². The average Bonchev–Trinajstić information content (AvgIpc) is 2.52. The Morgan fingerprint density at radius 1 is 1.48 bits per heavy atom. The van der Waals surface area contributed by atoms with Crippen molar-refractivity contribution in [1.29, 1.82) is 0 Å². The van der Waals surface area contributed by atoms with E-state index in [9.17, 15) is 0 Å². The van der Waals surface area contributed by atoms with Gasteiger partial charge in [-0.25, -0.2) is 0 Å². The molecule has 1 aliphatic carbocycles. The van der Waals surface area contributed by atoms with E-state index in [2.05, 4.69) is 29.3 Å². The zero-order valence-electron chi connectivity index (χ0n) is 12.9. The molecule has 2 rings (SSSR count). The Hall–Kier alpha value is -1.62. The minimum absolute atomic E-state index is 0.0662. The van der Waals surface area contributed by atoms with Gasteiger partial charge in [-0.2, -0.15) is 0 Å². The summed E-state index contributed by atoms with van der Waals surface area (Å²) in [6.45, 7) is 5.31. The van der Waals surface area contributed by atoms with E-state index in [1.165, 1.54) is 25.7 Å². The molecule has 0 aromatic carbocycles. The number of aromatic nitrogens is 1. The SMILES string of the molecule is CC(C)C1CCCCC1NCc1cccnc1/C(N)=N/O. The van der Waals surface area contributed by atoms with Gasteiger partial charge in [-0.3, -0.25) is 4.98 Å². The van der Waals surface area contributed by atoms with Crippen LogP contribution in [0.5, 0.6) is 0 Å². The highest BCUT2D eigenvalue weighted by Gasteiger charge is 2.27. The maximum atomic E-state index is 8.85. The Kier molecular flexibility index (Phi) is 5.56. The lowest BCUT2D eigenvalue weighted by Gasteiger charge is -2.35. The molecule has 1 aromatic rings. The van der Waals surface area contributed by atoms with Crippen LogP contribution < -0.4 is 11.1 Å². The van der Waals surface area contributed by atoms with Crippen molar-refractivity contribution in [3.05, 3.63) is 29.6 Å². The molecule has 0 radical (unpaired) electrons. The van der Waals surface area contributed by atoms with Crippen molar-refractivity contribution in [1.82, 2.24) is 10.3 Å². The number of nitrogens with zero attached hydrogens (tertiary/aromatic N) is 2. The summed E-state index contributed by atoms with van der Waals surface area (Å²) in [4.78, 5) is 4.21. The van der Waals surface area contributed by atoms with Gasteiger partial charge in [0.05, 0.1) is 0 Å². The molecular formula is C16H26N4O. The summed E-state index contributed by atoms with van der Waals surface area (Å²) in [5.41, 5.74) is 7.22. The minimum atomic E-state index is 0.0662. The third-order valence-electron chi connectivity index (χ3n) is 4.47. The Labute approximate surface area is 126 Å². The second-order valence-electron chi connectivity index (χ2n) is 6.18. The first-order valence-corrected chi connectivity index (χ1v) is 7.78. The lowest BCUT2D eigenvalue weighted by molar-refractivity contribution is 0.204. The molecule has 116 valence electrons. The molecule has 1 aliphatic rings. The normalized spacial score (nSPS) is 23.5. The zero-order valence-corrected chi connectivity index (χ0v) is 12.9. The number of nitrogens with two attached hydrogens (primary N) is 1. The summed E-state index contributed by atoms with van der Waals surface area (Å²) >= 11 is 0. The molecule has 21 heavy (non-hydrogen) atoms. The van der Waals surface area contributed by atoms with Crippen molar-refractivity contribution in [2.24, 2.45) is 22.7 Å². The third-order valence-corrected chi connectivity index (χ3v) is 4.47. The fraction of sp³-hybridized carbons (Fsp3) is 0.625. The smallest absolute Gasteiger partial charge is 0.189 e. The van der Waals surface area contributed by atoms with Gasteiger partial charge < -0.3 is 16.3 Å². The van der Waals surface area contributed by atoms with Crippen molar-refractivity contribution in [3.8, 4) is 0 Å². The molecule has 2 atom stereocenters. The van der Waals surface area contributed by atoms with Crippen molar-refractivity contribution < 1.29 is 5.21 Å². The summed E-state index contributed by atoms with van der Waals surface area (Å²) < 4.78 is 0. The molecule has 5 nitrogen and oxygen atoms in total. The quantitative estimate of drug-likeness (QED) is 0.337. The van der Waals surface area contributed by atoms with E-state index >= 15 is 0 Å². The summed E-state index contributed by atoms with van der Waals surface area (Å²) in [5, 5.41) is 15.6. The molecule has 0 aliphatic heterocycles. The Bertz CT molecular complexity index is 487. The van der Waals surface area contributed by atoms with E-state index in [4.69, 9.17) is 10.9 Å². The first kappa shape index (κ1) is 15.8. The molecule has 1 fully saturated rings. The van der Waals surface area contributed by atoms with Gasteiger partial charge in [0.25, 0.3) is 0 Å². The van der Waals surface area contributed by atoms with Gasteiger partial charge in [0.2, 0.25) is 0 Å². The highest BCUT2D eigenvalue weighted by atomic mass is 16.4. The number of rotatable bonds is 5. The van der Waals surface area contributed by atoms with Crippen LogP contribution in [0.2, 0.25) is 0 Å². The van der Waals surface area contributed by atoms with E-state index in [0.717, 1.165) is 11.5 Å². The second kappa shape index (κ2) is 7.41. The molecular weight excluding hydrogens is 264 g/mol. The largest absolute Gasteiger partial charge is 0.409 e. The standard InChI is InChI=1S/C16H26N4O/c1-11(2)13-7-3-4-8-14(13)19-10-12-6-5-9-18-15(12)16(17)20-21/h5-6,9,11,13-14,19,21H,3-4,7-8,10H2,1-2H3,(H2,17,20). The molecule has 1 aromatic heterocycles. The van der Waals surface area contributed by atoms with Crippen molar-refractivity contribution >= 4 is 5.84 Å². The van der Waals surface area contributed by atoms with Gasteiger partial charge in [-0.15, -0.1) is 0 Å². The highest BCUT2D eigenvalue weighted by molar-refractivity contribution is 5.96. The summed E-state index contributed by atoms with van der Waals surface area (Å²) in [7, 11) is 0. The highest BCUT2D eigenvalue weighted by Crippen LogP contribution is 2.30. The van der Waals surface area contributed by atoms with E-state index < -0.39 is 0 Å². The Balaban J connectivity index is 2.05. The predicted octanol–water partition coefficient (Wildman–Crippen LogP) is 2.48. The van der Waals surface area contributed by atoms with Gasteiger partial charge in [-0.05, 0) is 36.3 Å². The zero-order chi connectivity index (χ0) is 15.2. The number of nitrogens with one attached hydrogen (secondary N) is 1. The minimum Gasteiger partial charge on any atom is -0.409 e. The molecule has 0 spiro atoms. The monoisotopic (exact) mass is 290 g/mol. The molecule has 0 bridgehead atoms. The Morgan fingerprint density at radius 3 is 2.95 bits per heavy atom.